The Hall–Kier alpha value is -1.27. The molecule has 0 bridgehead atoms. The molecule has 0 heterocycles. The van der Waals surface area contributed by atoms with Gasteiger partial charge in [-0.25, -0.2) is 0 Å². The van der Waals surface area contributed by atoms with Crippen molar-refractivity contribution in [2.24, 2.45) is 16.7 Å². The Morgan fingerprint density at radius 2 is 1.29 bits per heavy atom. The van der Waals surface area contributed by atoms with Gasteiger partial charge in [0.05, 0.1) is 5.92 Å². The molecule has 0 aromatic heterocycles. The predicted molar refractivity (Wildman–Crippen MR) is 66.6 cm³/mol. The lowest BCUT2D eigenvalue weighted by Gasteiger charge is -2.46. The van der Waals surface area contributed by atoms with Crippen molar-refractivity contribution >= 4 is 11.9 Å². The third-order valence-electron chi connectivity index (χ3n) is 5.49. The van der Waals surface area contributed by atoms with E-state index in [1.807, 2.05) is 0 Å². The molecule has 120 valence electrons. The molecule has 2 rings (SSSR count). The van der Waals surface area contributed by atoms with Gasteiger partial charge in [0.25, 0.3) is 0 Å². The van der Waals surface area contributed by atoms with Crippen LogP contribution in [-0.4, -0.2) is 28.3 Å². The lowest BCUT2D eigenvalue weighted by molar-refractivity contribution is -0.190. The first-order valence-corrected chi connectivity index (χ1v) is 7.15. The normalized spacial score (nSPS) is 25.7. The van der Waals surface area contributed by atoms with Crippen molar-refractivity contribution in [3.05, 3.63) is 0 Å². The molecule has 2 fully saturated rings. The van der Waals surface area contributed by atoms with Crippen molar-refractivity contribution in [1.82, 2.24) is 0 Å². The monoisotopic (exact) mass is 308 g/mol. The molecule has 7 heteroatoms. The Morgan fingerprint density at radius 3 is 1.62 bits per heavy atom. The smallest absolute Gasteiger partial charge is 0.391 e. The first kappa shape index (κ1) is 16.1. The number of aliphatic carboxylic acids is 2. The third kappa shape index (κ3) is 2.87. The van der Waals surface area contributed by atoms with Crippen molar-refractivity contribution < 1.29 is 33.0 Å². The van der Waals surface area contributed by atoms with Gasteiger partial charge in [-0.2, -0.15) is 13.2 Å². The van der Waals surface area contributed by atoms with Gasteiger partial charge < -0.3 is 10.2 Å². The summed E-state index contributed by atoms with van der Waals surface area (Å²) in [5.74, 6) is -3.95. The van der Waals surface area contributed by atoms with E-state index < -0.39 is 29.4 Å². The molecule has 0 aromatic rings. The summed E-state index contributed by atoms with van der Waals surface area (Å²) in [6.45, 7) is 0. The summed E-state index contributed by atoms with van der Waals surface area (Å²) in [4.78, 5) is 22.5. The number of halogens is 3. The van der Waals surface area contributed by atoms with E-state index in [0.717, 1.165) is 0 Å². The SMILES string of the molecule is O=C(O)C1(C(=O)O)CCC2(CCC(C(F)(F)F)CC2)CC1. The van der Waals surface area contributed by atoms with Crippen LogP contribution in [0.4, 0.5) is 13.2 Å². The quantitative estimate of drug-likeness (QED) is 0.766. The largest absolute Gasteiger partial charge is 0.480 e. The Bertz CT molecular complexity index is 410. The topological polar surface area (TPSA) is 74.6 Å². The summed E-state index contributed by atoms with van der Waals surface area (Å²) < 4.78 is 38.0. The third-order valence-corrected chi connectivity index (χ3v) is 5.49. The van der Waals surface area contributed by atoms with Gasteiger partial charge in [0, 0.05) is 0 Å². The average molecular weight is 308 g/mol. The average Bonchev–Trinajstić information content (AvgIpc) is 2.38. The number of hydrogen-bond acceptors (Lipinski definition) is 2. The maximum Gasteiger partial charge on any atom is 0.391 e. The first-order chi connectivity index (χ1) is 9.61. The van der Waals surface area contributed by atoms with Crippen LogP contribution in [0.25, 0.3) is 0 Å². The lowest BCUT2D eigenvalue weighted by Crippen LogP contribution is -2.46. The highest BCUT2D eigenvalue weighted by atomic mass is 19.4. The van der Waals surface area contributed by atoms with Gasteiger partial charge in [-0.15, -0.1) is 0 Å². The Morgan fingerprint density at radius 1 is 0.857 bits per heavy atom. The van der Waals surface area contributed by atoms with Crippen LogP contribution in [0.3, 0.4) is 0 Å². The zero-order valence-electron chi connectivity index (χ0n) is 11.6. The van der Waals surface area contributed by atoms with E-state index in [-0.39, 0.29) is 31.1 Å². The van der Waals surface area contributed by atoms with E-state index in [1.54, 1.807) is 0 Å². The number of hydrogen-bond donors (Lipinski definition) is 2. The number of alkyl halides is 3. The summed E-state index contributed by atoms with van der Waals surface area (Å²) in [7, 11) is 0. The summed E-state index contributed by atoms with van der Waals surface area (Å²) in [6.07, 6.45) is -2.43. The second kappa shape index (κ2) is 5.18. The molecule has 2 aliphatic rings. The maximum absolute atomic E-state index is 12.7. The second-order valence-electron chi connectivity index (χ2n) is 6.51. The minimum atomic E-state index is -4.16. The van der Waals surface area contributed by atoms with Gasteiger partial charge in [0.15, 0.2) is 5.41 Å². The molecule has 2 N–H and O–H groups in total. The summed E-state index contributed by atoms with van der Waals surface area (Å²) in [5.41, 5.74) is -2.05. The molecule has 0 atom stereocenters. The molecule has 21 heavy (non-hydrogen) atoms. The molecule has 2 aliphatic carbocycles. The zero-order valence-corrected chi connectivity index (χ0v) is 11.6. The van der Waals surface area contributed by atoms with Gasteiger partial charge in [0.1, 0.15) is 0 Å². The highest BCUT2D eigenvalue weighted by Crippen LogP contribution is 2.55. The number of carboxylic acids is 2. The van der Waals surface area contributed by atoms with Crippen LogP contribution in [0, 0.1) is 16.7 Å². The van der Waals surface area contributed by atoms with Crippen LogP contribution < -0.4 is 0 Å². The van der Waals surface area contributed by atoms with Crippen molar-refractivity contribution in [2.45, 2.75) is 57.5 Å². The molecule has 1 spiro atoms. The van der Waals surface area contributed by atoms with Crippen molar-refractivity contribution in [3.8, 4) is 0 Å². The van der Waals surface area contributed by atoms with Crippen LogP contribution in [0.1, 0.15) is 51.4 Å². The van der Waals surface area contributed by atoms with Crippen LogP contribution in [0.2, 0.25) is 0 Å². The van der Waals surface area contributed by atoms with Crippen LogP contribution in [0.5, 0.6) is 0 Å². The standard InChI is InChI=1S/C14H19F3O4/c15-14(16,17)9-1-3-12(4-2-9)5-7-13(8-6-12,10(18)19)11(20)21/h9H,1-8H2,(H,18,19)(H,20,21). The molecule has 0 amide bonds. The van der Waals surface area contributed by atoms with Gasteiger partial charge in [-0.1, -0.05) is 0 Å². The molecular formula is C14H19F3O4. The fourth-order valence-corrected chi connectivity index (χ4v) is 3.78. The molecule has 0 aliphatic heterocycles. The highest BCUT2D eigenvalue weighted by Gasteiger charge is 2.54. The van der Waals surface area contributed by atoms with E-state index in [2.05, 4.69) is 0 Å². The fraction of sp³-hybridized carbons (Fsp3) is 0.857. The molecule has 4 nitrogen and oxygen atoms in total. The molecule has 0 aromatic carbocycles. The van der Waals surface area contributed by atoms with Crippen LogP contribution >= 0.6 is 0 Å². The summed E-state index contributed by atoms with van der Waals surface area (Å²) in [5, 5.41) is 18.3. The Labute approximate surface area is 120 Å². The molecule has 0 saturated heterocycles. The fourth-order valence-electron chi connectivity index (χ4n) is 3.78. The number of carbonyl (C=O) groups is 2. The predicted octanol–water partition coefficient (Wildman–Crippen LogP) is 3.45. The number of carboxylic acid groups (broad SMARTS) is 2. The minimum Gasteiger partial charge on any atom is -0.480 e. The minimum absolute atomic E-state index is 0.00828. The maximum atomic E-state index is 12.7. The van der Waals surface area contributed by atoms with Crippen LogP contribution in [0.15, 0.2) is 0 Å². The van der Waals surface area contributed by atoms with E-state index in [9.17, 15) is 22.8 Å². The highest BCUT2D eigenvalue weighted by molar-refractivity contribution is 5.98. The lowest BCUT2D eigenvalue weighted by atomic mass is 9.57. The van der Waals surface area contributed by atoms with Gasteiger partial charge >= 0.3 is 18.1 Å². The molecule has 0 radical (unpaired) electrons. The van der Waals surface area contributed by atoms with Crippen molar-refractivity contribution in [3.63, 3.8) is 0 Å². The van der Waals surface area contributed by atoms with E-state index in [4.69, 9.17) is 10.2 Å². The summed E-state index contributed by atoms with van der Waals surface area (Å²) in [6, 6.07) is 0. The van der Waals surface area contributed by atoms with E-state index in [1.165, 1.54) is 0 Å². The molecule has 0 unspecified atom stereocenters. The van der Waals surface area contributed by atoms with Gasteiger partial charge in [0.2, 0.25) is 0 Å². The zero-order chi connectivity index (χ0) is 15.9. The van der Waals surface area contributed by atoms with Crippen LogP contribution in [-0.2, 0) is 9.59 Å². The number of rotatable bonds is 2. The van der Waals surface area contributed by atoms with E-state index >= 15 is 0 Å². The van der Waals surface area contributed by atoms with Gasteiger partial charge in [-0.05, 0) is 56.8 Å². The molecular weight excluding hydrogens is 289 g/mol. The van der Waals surface area contributed by atoms with E-state index in [0.29, 0.717) is 25.7 Å². The first-order valence-electron chi connectivity index (χ1n) is 7.15. The molecule has 2 saturated carbocycles. The second-order valence-corrected chi connectivity index (χ2v) is 6.51. The summed E-state index contributed by atoms with van der Waals surface area (Å²) >= 11 is 0. The van der Waals surface area contributed by atoms with Crippen molar-refractivity contribution in [2.75, 3.05) is 0 Å². The Balaban J connectivity index is 2.02. The Kier molecular flexibility index (Phi) is 3.97. The van der Waals surface area contributed by atoms with Gasteiger partial charge in [-0.3, -0.25) is 9.59 Å². The van der Waals surface area contributed by atoms with Crippen molar-refractivity contribution in [1.29, 1.82) is 0 Å².